The first-order chi connectivity index (χ1) is 9.49. The number of hydrogen-bond acceptors (Lipinski definition) is 4. The van der Waals surface area contributed by atoms with E-state index in [1.807, 2.05) is 0 Å². The third-order valence-corrected chi connectivity index (χ3v) is 6.89. The van der Waals surface area contributed by atoms with Crippen LogP contribution in [0.25, 0.3) is 0 Å². The Labute approximate surface area is 119 Å². The van der Waals surface area contributed by atoms with Gasteiger partial charge < -0.3 is 9.80 Å². The first kappa shape index (κ1) is 13.9. The van der Waals surface area contributed by atoms with Crippen LogP contribution < -0.4 is 0 Å². The smallest absolute Gasteiger partial charge is 0.245 e. The number of carbonyl (C=O) groups excluding carboxylic acids is 2. The summed E-state index contributed by atoms with van der Waals surface area (Å²) in [5.41, 5.74) is 0. The fourth-order valence-corrected chi connectivity index (χ4v) is 5.33. The molecule has 3 saturated heterocycles. The summed E-state index contributed by atoms with van der Waals surface area (Å²) in [7, 11) is -3.08. The molecule has 2 unspecified atom stereocenters. The molecule has 0 aromatic rings. The molecule has 0 aliphatic carbocycles. The minimum atomic E-state index is -3.08. The summed E-state index contributed by atoms with van der Waals surface area (Å²) in [5, 5.41) is -0.477. The van der Waals surface area contributed by atoms with Crippen LogP contribution in [0, 0.1) is 0 Å². The summed E-state index contributed by atoms with van der Waals surface area (Å²) in [6.07, 6.45) is 3.88. The van der Waals surface area contributed by atoms with E-state index in [1.54, 1.807) is 4.90 Å². The highest BCUT2D eigenvalue weighted by Crippen LogP contribution is 2.26. The van der Waals surface area contributed by atoms with Gasteiger partial charge in [-0.2, -0.15) is 0 Å². The molecule has 3 heterocycles. The SMILES string of the molecule is O=C1C2CCCCN2C(=O)CN1CC1CCCS1(=O)=O. The second kappa shape index (κ2) is 5.02. The summed E-state index contributed by atoms with van der Waals surface area (Å²) in [4.78, 5) is 27.7. The van der Waals surface area contributed by atoms with E-state index >= 15 is 0 Å². The number of carbonyl (C=O) groups is 2. The van der Waals surface area contributed by atoms with Crippen molar-refractivity contribution in [3.8, 4) is 0 Å². The van der Waals surface area contributed by atoms with Gasteiger partial charge in [0.15, 0.2) is 9.84 Å². The maximum absolute atomic E-state index is 12.4. The van der Waals surface area contributed by atoms with Gasteiger partial charge in [0.2, 0.25) is 11.8 Å². The molecular formula is C13H20N2O4S. The van der Waals surface area contributed by atoms with Crippen molar-refractivity contribution in [1.29, 1.82) is 0 Å². The maximum atomic E-state index is 12.4. The van der Waals surface area contributed by atoms with Gasteiger partial charge in [-0.3, -0.25) is 9.59 Å². The summed E-state index contributed by atoms with van der Waals surface area (Å²) in [6.45, 7) is 0.892. The molecule has 2 amide bonds. The van der Waals surface area contributed by atoms with Crippen LogP contribution in [-0.4, -0.2) is 66.7 Å². The Kier molecular flexibility index (Phi) is 3.48. The van der Waals surface area contributed by atoms with Crippen molar-refractivity contribution >= 4 is 21.7 Å². The van der Waals surface area contributed by atoms with Crippen molar-refractivity contribution in [3.05, 3.63) is 0 Å². The van der Waals surface area contributed by atoms with E-state index in [9.17, 15) is 18.0 Å². The Morgan fingerprint density at radius 1 is 1.10 bits per heavy atom. The van der Waals surface area contributed by atoms with Crippen LogP contribution >= 0.6 is 0 Å². The number of rotatable bonds is 2. The molecule has 6 nitrogen and oxygen atoms in total. The summed E-state index contributed by atoms with van der Waals surface area (Å²) >= 11 is 0. The van der Waals surface area contributed by atoms with Crippen molar-refractivity contribution in [2.24, 2.45) is 0 Å². The van der Waals surface area contributed by atoms with E-state index in [-0.39, 0.29) is 36.7 Å². The van der Waals surface area contributed by atoms with Crippen LogP contribution in [0.2, 0.25) is 0 Å². The van der Waals surface area contributed by atoms with Crippen molar-refractivity contribution < 1.29 is 18.0 Å². The third kappa shape index (κ3) is 2.32. The zero-order chi connectivity index (χ0) is 14.3. The molecule has 20 heavy (non-hydrogen) atoms. The Morgan fingerprint density at radius 3 is 2.60 bits per heavy atom. The molecule has 2 atom stereocenters. The van der Waals surface area contributed by atoms with Crippen LogP contribution in [0.1, 0.15) is 32.1 Å². The molecule has 3 rings (SSSR count). The Morgan fingerprint density at radius 2 is 1.90 bits per heavy atom. The first-order valence-electron chi connectivity index (χ1n) is 7.29. The van der Waals surface area contributed by atoms with E-state index < -0.39 is 15.1 Å². The van der Waals surface area contributed by atoms with Crippen molar-refractivity contribution in [2.45, 2.75) is 43.4 Å². The standard InChI is InChI=1S/C13H20N2O4S/c16-12-9-14(8-10-4-3-7-20(10,18)19)13(17)11-5-1-2-6-15(11)12/h10-11H,1-9H2. The minimum absolute atomic E-state index is 0.0373. The highest BCUT2D eigenvalue weighted by Gasteiger charge is 2.42. The van der Waals surface area contributed by atoms with Gasteiger partial charge >= 0.3 is 0 Å². The van der Waals surface area contributed by atoms with E-state index in [2.05, 4.69) is 0 Å². The van der Waals surface area contributed by atoms with Gasteiger partial charge in [0.25, 0.3) is 0 Å². The van der Waals surface area contributed by atoms with Gasteiger partial charge in [-0.25, -0.2) is 8.42 Å². The Balaban J connectivity index is 1.74. The number of piperidine rings is 1. The molecule has 0 spiro atoms. The van der Waals surface area contributed by atoms with Crippen LogP contribution in [0.4, 0.5) is 0 Å². The number of fused-ring (bicyclic) bond motifs is 1. The Hall–Kier alpha value is -1.11. The first-order valence-corrected chi connectivity index (χ1v) is 9.00. The summed E-state index contributed by atoms with van der Waals surface area (Å²) in [6, 6.07) is -0.353. The van der Waals surface area contributed by atoms with Gasteiger partial charge in [0.05, 0.1) is 17.5 Å². The van der Waals surface area contributed by atoms with Gasteiger partial charge in [0, 0.05) is 13.1 Å². The van der Waals surface area contributed by atoms with Gasteiger partial charge in [-0.15, -0.1) is 0 Å². The summed E-state index contributed by atoms with van der Waals surface area (Å²) in [5.74, 6) is 0.111. The average molecular weight is 300 g/mol. The zero-order valence-corrected chi connectivity index (χ0v) is 12.3. The average Bonchev–Trinajstić information content (AvgIpc) is 2.75. The van der Waals surface area contributed by atoms with E-state index in [0.717, 1.165) is 12.8 Å². The number of hydrogen-bond donors (Lipinski definition) is 0. The van der Waals surface area contributed by atoms with Crippen molar-refractivity contribution in [1.82, 2.24) is 9.80 Å². The topological polar surface area (TPSA) is 74.8 Å². The van der Waals surface area contributed by atoms with Gasteiger partial charge in [-0.1, -0.05) is 0 Å². The highest BCUT2D eigenvalue weighted by molar-refractivity contribution is 7.92. The lowest BCUT2D eigenvalue weighted by Crippen LogP contribution is -2.62. The van der Waals surface area contributed by atoms with Crippen LogP contribution in [0.15, 0.2) is 0 Å². The molecule has 7 heteroatoms. The number of piperazine rings is 1. The predicted octanol–water partition coefficient (Wildman–Crippen LogP) is -0.213. The lowest BCUT2D eigenvalue weighted by Gasteiger charge is -2.43. The quantitative estimate of drug-likeness (QED) is 0.707. The molecule has 3 aliphatic heterocycles. The van der Waals surface area contributed by atoms with Gasteiger partial charge in [-0.05, 0) is 32.1 Å². The fourth-order valence-electron chi connectivity index (χ4n) is 3.49. The largest absolute Gasteiger partial charge is 0.330 e. The fraction of sp³-hybridized carbons (Fsp3) is 0.846. The zero-order valence-electron chi connectivity index (χ0n) is 11.5. The predicted molar refractivity (Wildman–Crippen MR) is 72.7 cm³/mol. The lowest BCUT2D eigenvalue weighted by molar-refractivity contribution is -0.157. The molecule has 0 bridgehead atoms. The molecule has 3 aliphatic rings. The molecule has 0 N–H and O–H groups in total. The van der Waals surface area contributed by atoms with Crippen LogP contribution in [0.5, 0.6) is 0 Å². The van der Waals surface area contributed by atoms with E-state index in [0.29, 0.717) is 25.8 Å². The normalized spacial score (nSPS) is 33.4. The summed E-state index contributed by atoms with van der Waals surface area (Å²) < 4.78 is 23.7. The van der Waals surface area contributed by atoms with Crippen molar-refractivity contribution in [2.75, 3.05) is 25.4 Å². The number of nitrogens with zero attached hydrogens (tertiary/aromatic N) is 2. The third-order valence-electron chi connectivity index (χ3n) is 4.63. The lowest BCUT2D eigenvalue weighted by atomic mass is 9.98. The molecule has 3 fully saturated rings. The Bertz CT molecular complexity index is 530. The van der Waals surface area contributed by atoms with Gasteiger partial charge in [0.1, 0.15) is 6.04 Å². The van der Waals surface area contributed by atoms with E-state index in [1.165, 1.54) is 4.90 Å². The molecule has 0 aromatic carbocycles. The van der Waals surface area contributed by atoms with E-state index in [4.69, 9.17) is 0 Å². The highest BCUT2D eigenvalue weighted by atomic mass is 32.2. The molecule has 112 valence electrons. The minimum Gasteiger partial charge on any atom is -0.330 e. The second-order valence-electron chi connectivity index (χ2n) is 5.95. The van der Waals surface area contributed by atoms with Crippen molar-refractivity contribution in [3.63, 3.8) is 0 Å². The molecule has 0 aromatic heterocycles. The van der Waals surface area contributed by atoms with Crippen LogP contribution in [-0.2, 0) is 19.4 Å². The monoisotopic (exact) mass is 300 g/mol. The maximum Gasteiger partial charge on any atom is 0.245 e. The number of amides is 2. The number of sulfone groups is 1. The molecular weight excluding hydrogens is 280 g/mol. The van der Waals surface area contributed by atoms with Crippen LogP contribution in [0.3, 0.4) is 0 Å². The molecule has 0 saturated carbocycles. The molecule has 0 radical (unpaired) electrons. The second-order valence-corrected chi connectivity index (χ2v) is 8.35.